The van der Waals surface area contributed by atoms with Crippen LogP contribution in [0.4, 0.5) is 0 Å². The fourth-order valence-corrected chi connectivity index (χ4v) is 4.79. The summed E-state index contributed by atoms with van der Waals surface area (Å²) in [6.07, 6.45) is 0.612. The molecule has 5 rings (SSSR count). The lowest BCUT2D eigenvalue weighted by molar-refractivity contribution is 0.369. The summed E-state index contributed by atoms with van der Waals surface area (Å²) < 4.78 is 8.34. The van der Waals surface area contributed by atoms with Crippen molar-refractivity contribution in [3.63, 3.8) is 0 Å². The van der Waals surface area contributed by atoms with Gasteiger partial charge in [-0.1, -0.05) is 68.4 Å². The van der Waals surface area contributed by atoms with Gasteiger partial charge in [-0.15, -0.1) is 11.3 Å². The Kier molecular flexibility index (Phi) is 5.98. The van der Waals surface area contributed by atoms with E-state index < -0.39 is 0 Å². The Morgan fingerprint density at radius 3 is 2.43 bits per heavy atom. The molecule has 0 amide bonds. The van der Waals surface area contributed by atoms with E-state index in [1.807, 2.05) is 35.7 Å². The van der Waals surface area contributed by atoms with E-state index in [2.05, 4.69) is 43.0 Å². The number of benzene rings is 2. The second kappa shape index (κ2) is 9.11. The molecule has 3 heterocycles. The maximum absolute atomic E-state index is 13.4. The van der Waals surface area contributed by atoms with Crippen LogP contribution >= 0.6 is 11.3 Å². The van der Waals surface area contributed by atoms with Gasteiger partial charge in [-0.2, -0.15) is 4.98 Å². The summed E-state index contributed by atoms with van der Waals surface area (Å²) in [5.41, 5.74) is 1.97. The van der Waals surface area contributed by atoms with Crippen LogP contribution < -0.4 is 11.2 Å². The molecule has 0 aliphatic heterocycles. The van der Waals surface area contributed by atoms with Gasteiger partial charge in [0.25, 0.3) is 5.56 Å². The quantitative estimate of drug-likeness (QED) is 0.342. The van der Waals surface area contributed by atoms with Gasteiger partial charge in [0.1, 0.15) is 6.54 Å². The minimum Gasteiger partial charge on any atom is -0.337 e. The minimum atomic E-state index is -0.389. The van der Waals surface area contributed by atoms with Gasteiger partial charge in [0.05, 0.1) is 10.9 Å². The van der Waals surface area contributed by atoms with E-state index in [1.165, 1.54) is 14.7 Å². The number of thiophene rings is 1. The monoisotopic (exact) mass is 486 g/mol. The van der Waals surface area contributed by atoms with Crippen LogP contribution in [0.1, 0.15) is 37.1 Å². The molecule has 0 aliphatic rings. The molecule has 0 radical (unpaired) electrons. The van der Waals surface area contributed by atoms with Gasteiger partial charge >= 0.3 is 5.69 Å². The Balaban J connectivity index is 1.49. The van der Waals surface area contributed by atoms with Crippen LogP contribution in [0.5, 0.6) is 0 Å². The number of rotatable bonds is 6. The lowest BCUT2D eigenvalue weighted by Crippen LogP contribution is -2.40. The maximum atomic E-state index is 13.4. The predicted octanol–water partition coefficient (Wildman–Crippen LogP) is 4.86. The SMILES string of the molecule is CC(C)(C)c1ccc(-c2noc(Cn3c(=O)n(CCc4cccs4)c(=O)c4ccccc43)n2)cc1. The third-order valence-corrected chi connectivity index (χ3v) is 7.00. The molecule has 0 spiro atoms. The van der Waals surface area contributed by atoms with Gasteiger partial charge in [-0.25, -0.2) is 4.79 Å². The highest BCUT2D eigenvalue weighted by atomic mass is 32.1. The molecule has 0 bridgehead atoms. The summed E-state index contributed by atoms with van der Waals surface area (Å²) >= 11 is 1.61. The lowest BCUT2D eigenvalue weighted by atomic mass is 9.87. The summed E-state index contributed by atoms with van der Waals surface area (Å²) in [5.74, 6) is 0.763. The standard InChI is InChI=1S/C27H26N4O3S/c1-27(2,3)19-12-10-18(11-13-19)24-28-23(34-29-24)17-31-22-9-5-4-8-21(22)25(32)30(26(31)33)15-14-20-7-6-16-35-20/h4-13,16H,14-15,17H2,1-3H3. The van der Waals surface area contributed by atoms with E-state index in [9.17, 15) is 9.59 Å². The number of aryl methyl sites for hydroxylation is 1. The first-order chi connectivity index (χ1) is 16.8. The highest BCUT2D eigenvalue weighted by molar-refractivity contribution is 7.09. The third-order valence-electron chi connectivity index (χ3n) is 6.06. The summed E-state index contributed by atoms with van der Waals surface area (Å²) in [5, 5.41) is 6.59. The zero-order valence-corrected chi connectivity index (χ0v) is 20.7. The molecule has 2 aromatic carbocycles. The van der Waals surface area contributed by atoms with E-state index in [-0.39, 0.29) is 23.2 Å². The van der Waals surface area contributed by atoms with Crippen molar-refractivity contribution in [3.05, 3.63) is 103 Å². The molecular weight excluding hydrogens is 460 g/mol. The first-order valence-electron chi connectivity index (χ1n) is 11.5. The molecule has 0 unspecified atom stereocenters. The average molecular weight is 487 g/mol. The molecule has 35 heavy (non-hydrogen) atoms. The van der Waals surface area contributed by atoms with Gasteiger partial charge in [0, 0.05) is 17.0 Å². The zero-order chi connectivity index (χ0) is 24.6. The van der Waals surface area contributed by atoms with Crippen molar-refractivity contribution in [1.82, 2.24) is 19.3 Å². The molecule has 3 aromatic heterocycles. The fraction of sp³-hybridized carbons (Fsp3) is 0.259. The molecule has 0 N–H and O–H groups in total. The van der Waals surface area contributed by atoms with Gasteiger partial charge in [-0.05, 0) is 41.0 Å². The van der Waals surface area contributed by atoms with E-state index in [4.69, 9.17) is 4.52 Å². The van der Waals surface area contributed by atoms with Crippen LogP contribution in [-0.2, 0) is 24.9 Å². The Hall–Kier alpha value is -3.78. The van der Waals surface area contributed by atoms with Crippen LogP contribution in [0, 0.1) is 0 Å². The highest BCUT2D eigenvalue weighted by Gasteiger charge is 2.18. The topological polar surface area (TPSA) is 82.9 Å². The Morgan fingerprint density at radius 2 is 1.71 bits per heavy atom. The molecule has 178 valence electrons. The number of aromatic nitrogens is 4. The smallest absolute Gasteiger partial charge is 0.331 e. The molecule has 0 saturated heterocycles. The van der Waals surface area contributed by atoms with Crippen molar-refractivity contribution in [1.29, 1.82) is 0 Å². The van der Waals surface area contributed by atoms with Gasteiger partial charge < -0.3 is 4.52 Å². The van der Waals surface area contributed by atoms with Gasteiger partial charge in [0.2, 0.25) is 11.7 Å². The minimum absolute atomic E-state index is 0.0514. The van der Waals surface area contributed by atoms with Crippen molar-refractivity contribution < 1.29 is 4.52 Å². The van der Waals surface area contributed by atoms with E-state index in [1.54, 1.807) is 29.5 Å². The number of hydrogen-bond donors (Lipinski definition) is 0. The molecule has 8 heteroatoms. The fourth-order valence-electron chi connectivity index (χ4n) is 4.09. The van der Waals surface area contributed by atoms with Crippen molar-refractivity contribution >= 4 is 22.2 Å². The van der Waals surface area contributed by atoms with Crippen molar-refractivity contribution in [3.8, 4) is 11.4 Å². The normalized spacial score (nSPS) is 11.9. The van der Waals surface area contributed by atoms with Crippen LogP contribution in [0.2, 0.25) is 0 Å². The number of nitrogens with zero attached hydrogens (tertiary/aromatic N) is 4. The molecule has 0 saturated carbocycles. The van der Waals surface area contributed by atoms with E-state index in [0.717, 1.165) is 10.4 Å². The molecule has 0 aliphatic carbocycles. The summed E-state index contributed by atoms with van der Waals surface area (Å²) in [7, 11) is 0. The third kappa shape index (κ3) is 4.61. The van der Waals surface area contributed by atoms with Gasteiger partial charge in [0.15, 0.2) is 0 Å². The molecule has 5 aromatic rings. The van der Waals surface area contributed by atoms with Crippen molar-refractivity contribution in [2.75, 3.05) is 0 Å². The first kappa shape index (κ1) is 23.0. The summed E-state index contributed by atoms with van der Waals surface area (Å²) in [6, 6.07) is 19.2. The van der Waals surface area contributed by atoms with E-state index in [0.29, 0.717) is 35.6 Å². The van der Waals surface area contributed by atoms with Crippen LogP contribution in [0.15, 0.2) is 80.2 Å². The summed E-state index contributed by atoms with van der Waals surface area (Å²) in [6.45, 7) is 6.87. The highest BCUT2D eigenvalue weighted by Crippen LogP contribution is 2.25. The molecule has 7 nitrogen and oxygen atoms in total. The van der Waals surface area contributed by atoms with Crippen LogP contribution in [-0.4, -0.2) is 19.3 Å². The Morgan fingerprint density at radius 1 is 0.943 bits per heavy atom. The van der Waals surface area contributed by atoms with Crippen LogP contribution in [0.3, 0.4) is 0 Å². The summed E-state index contributed by atoms with van der Waals surface area (Å²) in [4.78, 5) is 32.2. The molecule has 0 fully saturated rings. The predicted molar refractivity (Wildman–Crippen MR) is 138 cm³/mol. The van der Waals surface area contributed by atoms with Crippen molar-refractivity contribution in [2.24, 2.45) is 0 Å². The average Bonchev–Trinajstić information content (AvgIpc) is 3.54. The number of hydrogen-bond acceptors (Lipinski definition) is 6. The van der Waals surface area contributed by atoms with Crippen molar-refractivity contribution in [2.45, 2.75) is 45.7 Å². The largest absolute Gasteiger partial charge is 0.337 e. The van der Waals surface area contributed by atoms with E-state index >= 15 is 0 Å². The number of para-hydroxylation sites is 1. The zero-order valence-electron chi connectivity index (χ0n) is 19.9. The molecule has 0 atom stereocenters. The molecular formula is C27H26N4O3S. The lowest BCUT2D eigenvalue weighted by Gasteiger charge is -2.18. The second-order valence-electron chi connectivity index (χ2n) is 9.51. The second-order valence-corrected chi connectivity index (χ2v) is 10.5. The van der Waals surface area contributed by atoms with Crippen LogP contribution in [0.25, 0.3) is 22.3 Å². The maximum Gasteiger partial charge on any atom is 0.331 e. The van der Waals surface area contributed by atoms with Gasteiger partial charge in [-0.3, -0.25) is 13.9 Å². The Labute approximate surface area is 206 Å². The number of fused-ring (bicyclic) bond motifs is 1. The Bertz CT molecular complexity index is 1590. The first-order valence-corrected chi connectivity index (χ1v) is 12.4.